The third kappa shape index (κ3) is 7.26. The van der Waals surface area contributed by atoms with E-state index in [1.807, 2.05) is 12.1 Å². The highest BCUT2D eigenvalue weighted by Crippen LogP contribution is 2.30. The molecule has 1 amide bonds. The zero-order valence-corrected chi connectivity index (χ0v) is 21.1. The molecule has 2 aromatic carbocycles. The van der Waals surface area contributed by atoms with Crippen LogP contribution in [0, 0.1) is 0 Å². The number of aryl methyl sites for hydroxylation is 1. The number of unbranched alkanes of at least 4 members (excludes halogenated alkanes) is 1. The number of carbonyl (C=O) groups is 1. The van der Waals surface area contributed by atoms with Crippen molar-refractivity contribution in [3.8, 4) is 5.75 Å². The maximum Gasteiger partial charge on any atom is 0.220 e. The number of carbonyl (C=O) groups excluding carboxylic acids is 1. The highest BCUT2D eigenvalue weighted by molar-refractivity contribution is 5.85. The molecular formula is C26H37Cl2N3O2. The summed E-state index contributed by atoms with van der Waals surface area (Å²) < 4.78 is 5.51. The Balaban J connectivity index is 0.00000193. The molecule has 4 rings (SSSR count). The predicted molar refractivity (Wildman–Crippen MR) is 140 cm³/mol. The summed E-state index contributed by atoms with van der Waals surface area (Å²) in [6, 6.07) is 17.0. The molecule has 33 heavy (non-hydrogen) atoms. The Kier molecular flexibility index (Phi) is 11.3. The number of para-hydroxylation sites is 2. The van der Waals surface area contributed by atoms with Crippen molar-refractivity contribution in [2.75, 3.05) is 44.7 Å². The maximum atomic E-state index is 12.5. The monoisotopic (exact) mass is 493 g/mol. The van der Waals surface area contributed by atoms with Gasteiger partial charge in [0.2, 0.25) is 5.91 Å². The summed E-state index contributed by atoms with van der Waals surface area (Å²) in [5, 5.41) is 3.28. The van der Waals surface area contributed by atoms with Gasteiger partial charge in [-0.15, -0.1) is 24.8 Å². The van der Waals surface area contributed by atoms with Gasteiger partial charge in [0.25, 0.3) is 0 Å². The van der Waals surface area contributed by atoms with Gasteiger partial charge >= 0.3 is 0 Å². The van der Waals surface area contributed by atoms with E-state index < -0.39 is 0 Å². The highest BCUT2D eigenvalue weighted by Gasteiger charge is 2.22. The van der Waals surface area contributed by atoms with Gasteiger partial charge in [0.05, 0.1) is 18.8 Å². The molecule has 7 heteroatoms. The van der Waals surface area contributed by atoms with Gasteiger partial charge in [0.1, 0.15) is 5.75 Å². The lowest BCUT2D eigenvalue weighted by atomic mass is 9.87. The molecule has 1 N–H and O–H groups in total. The van der Waals surface area contributed by atoms with Crippen LogP contribution in [0.25, 0.3) is 0 Å². The Morgan fingerprint density at radius 3 is 2.52 bits per heavy atom. The number of fused-ring (bicyclic) bond motifs is 1. The van der Waals surface area contributed by atoms with Crippen molar-refractivity contribution in [1.29, 1.82) is 0 Å². The Morgan fingerprint density at radius 1 is 1.00 bits per heavy atom. The van der Waals surface area contributed by atoms with E-state index in [0.29, 0.717) is 6.42 Å². The van der Waals surface area contributed by atoms with Crippen LogP contribution in [-0.4, -0.2) is 50.6 Å². The summed E-state index contributed by atoms with van der Waals surface area (Å²) in [6.45, 7) is 5.22. The number of piperazine rings is 1. The van der Waals surface area contributed by atoms with Crippen LogP contribution in [-0.2, 0) is 11.2 Å². The van der Waals surface area contributed by atoms with Crippen LogP contribution < -0.4 is 15.0 Å². The van der Waals surface area contributed by atoms with Crippen molar-refractivity contribution in [2.24, 2.45) is 0 Å². The summed E-state index contributed by atoms with van der Waals surface area (Å²) in [5.74, 6) is 1.14. The van der Waals surface area contributed by atoms with Crippen LogP contribution in [0.15, 0.2) is 48.5 Å². The molecule has 182 valence electrons. The van der Waals surface area contributed by atoms with Crippen molar-refractivity contribution in [3.05, 3.63) is 59.7 Å². The third-order valence-electron chi connectivity index (χ3n) is 6.63. The molecule has 1 aliphatic heterocycles. The summed E-state index contributed by atoms with van der Waals surface area (Å²) >= 11 is 0. The lowest BCUT2D eigenvalue weighted by Gasteiger charge is -2.36. The molecule has 1 heterocycles. The molecule has 1 fully saturated rings. The van der Waals surface area contributed by atoms with Crippen LogP contribution in [0.4, 0.5) is 5.69 Å². The van der Waals surface area contributed by atoms with Crippen LogP contribution in [0.1, 0.15) is 49.3 Å². The van der Waals surface area contributed by atoms with E-state index in [-0.39, 0.29) is 36.8 Å². The summed E-state index contributed by atoms with van der Waals surface area (Å²) in [6.07, 6.45) is 5.99. The Hall–Kier alpha value is -1.95. The van der Waals surface area contributed by atoms with Crippen LogP contribution in [0.2, 0.25) is 0 Å². The molecular weight excluding hydrogens is 457 g/mol. The Morgan fingerprint density at radius 2 is 1.73 bits per heavy atom. The van der Waals surface area contributed by atoms with Gasteiger partial charge < -0.3 is 15.0 Å². The first-order valence-corrected chi connectivity index (χ1v) is 11.7. The molecule has 1 aliphatic carbocycles. The predicted octanol–water partition coefficient (Wildman–Crippen LogP) is 5.02. The average molecular weight is 495 g/mol. The van der Waals surface area contributed by atoms with E-state index in [9.17, 15) is 4.79 Å². The number of anilines is 1. The minimum atomic E-state index is 0. The average Bonchev–Trinajstić information content (AvgIpc) is 2.82. The molecule has 0 spiro atoms. The molecule has 1 unspecified atom stereocenters. The smallest absolute Gasteiger partial charge is 0.220 e. The van der Waals surface area contributed by atoms with Gasteiger partial charge in [-0.05, 0) is 61.9 Å². The fourth-order valence-electron chi connectivity index (χ4n) is 4.89. The molecule has 0 bridgehead atoms. The molecule has 5 nitrogen and oxygen atoms in total. The normalized spacial score (nSPS) is 17.8. The van der Waals surface area contributed by atoms with E-state index in [1.165, 1.54) is 16.8 Å². The Labute approximate surface area is 210 Å². The van der Waals surface area contributed by atoms with Crippen LogP contribution >= 0.6 is 24.8 Å². The van der Waals surface area contributed by atoms with Crippen molar-refractivity contribution in [2.45, 2.75) is 44.6 Å². The lowest BCUT2D eigenvalue weighted by Crippen LogP contribution is -2.46. The number of hydrogen-bond acceptors (Lipinski definition) is 4. The molecule has 2 aliphatic rings. The van der Waals surface area contributed by atoms with Crippen molar-refractivity contribution in [3.63, 3.8) is 0 Å². The maximum absolute atomic E-state index is 12.5. The summed E-state index contributed by atoms with van der Waals surface area (Å²) in [5.41, 5.74) is 3.90. The molecule has 0 aromatic heterocycles. The van der Waals surface area contributed by atoms with E-state index in [4.69, 9.17) is 4.74 Å². The van der Waals surface area contributed by atoms with E-state index >= 15 is 0 Å². The number of rotatable bonds is 8. The number of halogens is 2. The second-order valence-electron chi connectivity index (χ2n) is 8.67. The van der Waals surface area contributed by atoms with Crippen LogP contribution in [0.5, 0.6) is 5.75 Å². The number of hydrogen-bond donors (Lipinski definition) is 1. The van der Waals surface area contributed by atoms with E-state index in [1.54, 1.807) is 7.11 Å². The third-order valence-corrected chi connectivity index (χ3v) is 6.63. The van der Waals surface area contributed by atoms with Gasteiger partial charge in [-0.3, -0.25) is 9.69 Å². The summed E-state index contributed by atoms with van der Waals surface area (Å²) in [7, 11) is 1.73. The first-order valence-electron chi connectivity index (χ1n) is 11.7. The number of nitrogens with one attached hydrogen (secondary N) is 1. The van der Waals surface area contributed by atoms with Gasteiger partial charge in [0.15, 0.2) is 0 Å². The minimum Gasteiger partial charge on any atom is -0.495 e. The fraction of sp³-hybridized carbons (Fsp3) is 0.500. The quantitative estimate of drug-likeness (QED) is 0.524. The van der Waals surface area contributed by atoms with Gasteiger partial charge in [-0.1, -0.05) is 36.4 Å². The lowest BCUT2D eigenvalue weighted by molar-refractivity contribution is -0.122. The van der Waals surface area contributed by atoms with Crippen molar-refractivity contribution < 1.29 is 9.53 Å². The number of benzene rings is 2. The first kappa shape index (κ1) is 27.3. The number of methoxy groups -OCH3 is 1. The second kappa shape index (κ2) is 13.7. The zero-order chi connectivity index (χ0) is 21.5. The molecule has 1 atom stereocenters. The molecule has 2 aromatic rings. The number of amides is 1. The number of ether oxygens (including phenoxy) is 1. The Bertz CT molecular complexity index is 872. The van der Waals surface area contributed by atoms with Gasteiger partial charge in [-0.25, -0.2) is 0 Å². The van der Waals surface area contributed by atoms with Crippen molar-refractivity contribution in [1.82, 2.24) is 10.2 Å². The highest BCUT2D eigenvalue weighted by atomic mass is 35.5. The second-order valence-corrected chi connectivity index (χ2v) is 8.67. The standard InChI is InChI=1S/C26H35N3O2.2ClH/c1-31-25-14-5-4-13-24(25)29-19-17-28(18-20-29)16-7-6-15-26(30)27-23-12-8-10-21-9-2-3-11-22(21)23;;/h2-5,9,11,13-14,23H,6-8,10,12,15-20H2,1H3,(H,27,30);2*1H. The minimum absolute atomic E-state index is 0. The first-order chi connectivity index (χ1) is 15.2. The fourth-order valence-corrected chi connectivity index (χ4v) is 4.89. The topological polar surface area (TPSA) is 44.8 Å². The molecule has 0 saturated carbocycles. The van der Waals surface area contributed by atoms with Crippen LogP contribution in [0.3, 0.4) is 0 Å². The zero-order valence-electron chi connectivity index (χ0n) is 19.5. The van der Waals surface area contributed by atoms with Gasteiger partial charge in [0, 0.05) is 32.6 Å². The summed E-state index contributed by atoms with van der Waals surface area (Å²) in [4.78, 5) is 17.4. The molecule has 0 radical (unpaired) electrons. The van der Waals surface area contributed by atoms with Gasteiger partial charge in [-0.2, -0.15) is 0 Å². The SMILES string of the molecule is COc1ccccc1N1CCN(CCCCC(=O)NC2CCCc3ccccc32)CC1.Cl.Cl. The largest absolute Gasteiger partial charge is 0.495 e. The van der Waals surface area contributed by atoms with E-state index in [0.717, 1.165) is 70.6 Å². The van der Waals surface area contributed by atoms with Crippen molar-refractivity contribution >= 4 is 36.4 Å². The van der Waals surface area contributed by atoms with E-state index in [2.05, 4.69) is 51.5 Å². The number of nitrogens with zero attached hydrogens (tertiary/aromatic N) is 2. The molecule has 1 saturated heterocycles.